The second kappa shape index (κ2) is 14.8. The molecule has 0 aliphatic heterocycles. The molecular weight excluding hydrogens is 590 g/mol. The van der Waals surface area contributed by atoms with Gasteiger partial charge in [-0.3, -0.25) is 13.9 Å². The average molecular weight is 636 g/mol. The van der Waals surface area contributed by atoms with Crippen molar-refractivity contribution in [3.05, 3.63) is 82.9 Å². The molecule has 2 amide bonds. The Bertz CT molecular complexity index is 1600. The van der Waals surface area contributed by atoms with Crippen LogP contribution in [0.15, 0.2) is 65.6 Å². The fraction of sp³-hybridized carbons (Fsp3) is 0.429. The molecule has 3 aromatic carbocycles. The van der Waals surface area contributed by atoms with Gasteiger partial charge in [-0.05, 0) is 81.0 Å². The summed E-state index contributed by atoms with van der Waals surface area (Å²) in [7, 11) is -1.37. The van der Waals surface area contributed by atoms with E-state index in [0.717, 1.165) is 52.2 Å². The standard InChI is InChI=1S/C35H45N3O6S/c1-7-31(35(40)36-28-13-8-9-14-28)37(22-27-12-10-11-24(2)18-27)34(39)23-38(29-19-25(3)17-26(4)20-29)45(41,42)30-15-16-32(43-5)33(21-30)44-6/h10-12,15-21,28,31H,7-9,13-14,22-23H2,1-6H3,(H,36,40)/t31-/m0/s1. The van der Waals surface area contributed by atoms with Gasteiger partial charge in [0, 0.05) is 18.7 Å². The van der Waals surface area contributed by atoms with Crippen LogP contribution >= 0.6 is 0 Å². The number of hydrogen-bond donors (Lipinski definition) is 1. The summed E-state index contributed by atoms with van der Waals surface area (Å²) in [5.74, 6) is -0.0610. The molecule has 9 nitrogen and oxygen atoms in total. The van der Waals surface area contributed by atoms with Crippen LogP contribution in [0.2, 0.25) is 0 Å². The summed E-state index contributed by atoms with van der Waals surface area (Å²) in [6.45, 7) is 7.26. The molecule has 1 saturated carbocycles. The van der Waals surface area contributed by atoms with Crippen LogP contribution in [0.1, 0.15) is 61.3 Å². The monoisotopic (exact) mass is 635 g/mol. The van der Waals surface area contributed by atoms with Crippen LogP contribution < -0.4 is 19.1 Å². The zero-order valence-corrected chi connectivity index (χ0v) is 27.9. The Morgan fingerprint density at radius 3 is 2.16 bits per heavy atom. The summed E-state index contributed by atoms with van der Waals surface area (Å²) in [6.07, 6.45) is 4.33. The lowest BCUT2D eigenvalue weighted by Crippen LogP contribution is -2.53. The molecule has 3 aromatic rings. The number of rotatable bonds is 13. The molecule has 0 saturated heterocycles. The lowest BCUT2D eigenvalue weighted by molar-refractivity contribution is -0.140. The number of ether oxygens (including phenoxy) is 2. The van der Waals surface area contributed by atoms with Gasteiger partial charge in [0.15, 0.2) is 11.5 Å². The van der Waals surface area contributed by atoms with E-state index >= 15 is 0 Å². The minimum Gasteiger partial charge on any atom is -0.493 e. The summed E-state index contributed by atoms with van der Waals surface area (Å²) < 4.78 is 40.6. The Morgan fingerprint density at radius 2 is 1.56 bits per heavy atom. The van der Waals surface area contributed by atoms with Crippen LogP contribution in [0.4, 0.5) is 5.69 Å². The average Bonchev–Trinajstić information content (AvgIpc) is 3.51. The Kier molecular flexibility index (Phi) is 11.1. The van der Waals surface area contributed by atoms with Crippen molar-refractivity contribution in [3.8, 4) is 11.5 Å². The highest BCUT2D eigenvalue weighted by atomic mass is 32.2. The van der Waals surface area contributed by atoms with Crippen molar-refractivity contribution in [2.45, 2.75) is 83.3 Å². The van der Waals surface area contributed by atoms with Gasteiger partial charge < -0.3 is 19.7 Å². The maximum Gasteiger partial charge on any atom is 0.264 e. The summed E-state index contributed by atoms with van der Waals surface area (Å²) in [5, 5.41) is 3.15. The molecule has 0 unspecified atom stereocenters. The first-order valence-electron chi connectivity index (χ1n) is 15.4. The molecule has 0 heterocycles. The molecule has 0 bridgehead atoms. The molecule has 0 aromatic heterocycles. The molecule has 242 valence electrons. The number of methoxy groups -OCH3 is 2. The van der Waals surface area contributed by atoms with E-state index in [1.807, 2.05) is 58.0 Å². The first-order valence-corrected chi connectivity index (χ1v) is 16.9. The molecular formula is C35H45N3O6S. The van der Waals surface area contributed by atoms with E-state index in [9.17, 15) is 18.0 Å². The van der Waals surface area contributed by atoms with Crippen LogP contribution in [0.3, 0.4) is 0 Å². The van der Waals surface area contributed by atoms with Gasteiger partial charge in [-0.2, -0.15) is 0 Å². The highest BCUT2D eigenvalue weighted by Crippen LogP contribution is 2.33. The number of hydrogen-bond acceptors (Lipinski definition) is 6. The summed E-state index contributed by atoms with van der Waals surface area (Å²) in [5.41, 5.74) is 3.94. The van der Waals surface area contributed by atoms with E-state index in [-0.39, 0.29) is 29.1 Å². The SMILES string of the molecule is CC[C@@H](C(=O)NC1CCCC1)N(Cc1cccc(C)c1)C(=O)CN(c1cc(C)cc(C)c1)S(=O)(=O)c1ccc(OC)c(OC)c1. The minimum absolute atomic E-state index is 0.0524. The van der Waals surface area contributed by atoms with Gasteiger partial charge in [-0.1, -0.05) is 55.7 Å². The predicted molar refractivity (Wildman–Crippen MR) is 176 cm³/mol. The third-order valence-electron chi connectivity index (χ3n) is 8.24. The Balaban J connectivity index is 1.77. The smallest absolute Gasteiger partial charge is 0.264 e. The predicted octanol–water partition coefficient (Wildman–Crippen LogP) is 5.69. The number of sulfonamides is 1. The van der Waals surface area contributed by atoms with E-state index in [4.69, 9.17) is 9.47 Å². The molecule has 1 fully saturated rings. The Labute approximate surface area is 267 Å². The van der Waals surface area contributed by atoms with Crippen LogP contribution in [-0.4, -0.2) is 58.0 Å². The molecule has 1 N–H and O–H groups in total. The van der Waals surface area contributed by atoms with Crippen molar-refractivity contribution in [2.75, 3.05) is 25.1 Å². The first-order chi connectivity index (χ1) is 21.5. The number of carbonyl (C=O) groups excluding carboxylic acids is 2. The molecule has 45 heavy (non-hydrogen) atoms. The number of aryl methyl sites for hydroxylation is 3. The van der Waals surface area contributed by atoms with Crippen LogP contribution in [0.5, 0.6) is 11.5 Å². The fourth-order valence-electron chi connectivity index (χ4n) is 6.02. The van der Waals surface area contributed by atoms with Crippen molar-refractivity contribution in [1.82, 2.24) is 10.2 Å². The Morgan fingerprint density at radius 1 is 0.889 bits per heavy atom. The molecule has 10 heteroatoms. The number of carbonyl (C=O) groups is 2. The highest BCUT2D eigenvalue weighted by molar-refractivity contribution is 7.92. The number of benzene rings is 3. The first kappa shape index (κ1) is 33.8. The van der Waals surface area contributed by atoms with E-state index in [1.54, 1.807) is 12.1 Å². The third kappa shape index (κ3) is 8.16. The Hall–Kier alpha value is -4.05. The van der Waals surface area contributed by atoms with Crippen LogP contribution in [0.25, 0.3) is 0 Å². The van der Waals surface area contributed by atoms with Gasteiger partial charge in [0.05, 0.1) is 24.8 Å². The quantitative estimate of drug-likeness (QED) is 0.259. The molecule has 1 atom stereocenters. The third-order valence-corrected chi connectivity index (χ3v) is 10.0. The zero-order chi connectivity index (χ0) is 32.7. The van der Waals surface area contributed by atoms with Crippen LogP contribution in [-0.2, 0) is 26.2 Å². The fourth-order valence-corrected chi connectivity index (χ4v) is 7.44. The minimum atomic E-state index is -4.27. The molecule has 1 aliphatic rings. The maximum atomic E-state index is 14.4. The van der Waals surface area contributed by atoms with E-state index < -0.39 is 28.5 Å². The van der Waals surface area contributed by atoms with E-state index in [2.05, 4.69) is 5.32 Å². The molecule has 4 rings (SSSR count). The van der Waals surface area contributed by atoms with Gasteiger partial charge in [-0.25, -0.2) is 8.42 Å². The van der Waals surface area contributed by atoms with Crippen molar-refractivity contribution >= 4 is 27.5 Å². The lowest BCUT2D eigenvalue weighted by Gasteiger charge is -2.34. The number of nitrogens with one attached hydrogen (secondary N) is 1. The van der Waals surface area contributed by atoms with Crippen molar-refractivity contribution in [2.24, 2.45) is 0 Å². The van der Waals surface area contributed by atoms with Crippen molar-refractivity contribution in [1.29, 1.82) is 0 Å². The van der Waals surface area contributed by atoms with E-state index in [0.29, 0.717) is 17.9 Å². The number of amides is 2. The van der Waals surface area contributed by atoms with Gasteiger partial charge in [-0.15, -0.1) is 0 Å². The van der Waals surface area contributed by atoms with Crippen molar-refractivity contribution < 1.29 is 27.5 Å². The lowest BCUT2D eigenvalue weighted by atomic mass is 10.1. The van der Waals surface area contributed by atoms with Crippen molar-refractivity contribution in [3.63, 3.8) is 0 Å². The number of nitrogens with zero attached hydrogens (tertiary/aromatic N) is 2. The second-order valence-electron chi connectivity index (χ2n) is 11.8. The zero-order valence-electron chi connectivity index (χ0n) is 27.1. The van der Waals surface area contributed by atoms with Gasteiger partial charge in [0.25, 0.3) is 10.0 Å². The van der Waals surface area contributed by atoms with Crippen LogP contribution in [0, 0.1) is 20.8 Å². The summed E-state index contributed by atoms with van der Waals surface area (Å²) in [6, 6.07) is 16.9. The maximum absolute atomic E-state index is 14.4. The summed E-state index contributed by atoms with van der Waals surface area (Å²) >= 11 is 0. The molecule has 1 aliphatic carbocycles. The molecule has 0 spiro atoms. The number of anilines is 1. The second-order valence-corrected chi connectivity index (χ2v) is 13.7. The van der Waals surface area contributed by atoms with Gasteiger partial charge in [0.2, 0.25) is 11.8 Å². The van der Waals surface area contributed by atoms with E-state index in [1.165, 1.54) is 37.3 Å². The summed E-state index contributed by atoms with van der Waals surface area (Å²) in [4.78, 5) is 29.6. The highest BCUT2D eigenvalue weighted by Gasteiger charge is 2.35. The normalized spacial score (nSPS) is 14.1. The van der Waals surface area contributed by atoms with Gasteiger partial charge in [0.1, 0.15) is 12.6 Å². The topological polar surface area (TPSA) is 105 Å². The molecule has 0 radical (unpaired) electrons. The largest absolute Gasteiger partial charge is 0.493 e. The van der Waals surface area contributed by atoms with Gasteiger partial charge >= 0.3 is 0 Å².